The second kappa shape index (κ2) is 5.66. The Morgan fingerprint density at radius 2 is 1.67 bits per heavy atom. The minimum Gasteiger partial charge on any atom is -0.383 e. The molecule has 0 aliphatic heterocycles. The molecule has 3 rings (SSSR count). The van der Waals surface area contributed by atoms with Crippen LogP contribution < -0.4 is 5.73 Å². The van der Waals surface area contributed by atoms with Crippen molar-refractivity contribution in [2.45, 2.75) is 16.7 Å². The smallest absolute Gasteiger partial charge is 0.136 e. The standard InChI is InChI=1S/C17H17N3S/c1-12-8-10-14(11-9-12)21-16-15(19-20(2)17(16)18)13-6-4-3-5-7-13/h3-11H,18H2,1-2H3. The molecule has 0 aliphatic carbocycles. The molecule has 0 unspecified atom stereocenters. The molecule has 3 aromatic rings. The Labute approximate surface area is 128 Å². The van der Waals surface area contributed by atoms with Crippen molar-refractivity contribution in [2.24, 2.45) is 7.05 Å². The number of aromatic nitrogens is 2. The first kappa shape index (κ1) is 13.8. The van der Waals surface area contributed by atoms with Gasteiger partial charge in [-0.1, -0.05) is 59.8 Å². The van der Waals surface area contributed by atoms with Gasteiger partial charge in [-0.2, -0.15) is 5.10 Å². The first-order chi connectivity index (χ1) is 10.1. The summed E-state index contributed by atoms with van der Waals surface area (Å²) in [5, 5.41) is 4.56. The van der Waals surface area contributed by atoms with E-state index in [1.807, 2.05) is 25.2 Å². The summed E-state index contributed by atoms with van der Waals surface area (Å²) in [4.78, 5) is 2.17. The fourth-order valence-corrected chi connectivity index (χ4v) is 3.13. The third kappa shape index (κ3) is 2.81. The average Bonchev–Trinajstić information content (AvgIpc) is 2.79. The summed E-state index contributed by atoms with van der Waals surface area (Å²) >= 11 is 1.66. The van der Waals surface area contributed by atoms with E-state index in [1.54, 1.807) is 16.4 Å². The van der Waals surface area contributed by atoms with Crippen molar-refractivity contribution in [3.05, 3.63) is 60.2 Å². The van der Waals surface area contributed by atoms with E-state index in [0.717, 1.165) is 21.0 Å². The van der Waals surface area contributed by atoms with Crippen molar-refractivity contribution in [3.8, 4) is 11.3 Å². The highest BCUT2D eigenvalue weighted by Gasteiger charge is 2.16. The number of benzene rings is 2. The van der Waals surface area contributed by atoms with Crippen LogP contribution in [0.4, 0.5) is 5.82 Å². The van der Waals surface area contributed by atoms with E-state index >= 15 is 0 Å². The Kier molecular flexibility index (Phi) is 3.71. The number of nitrogens with zero attached hydrogens (tertiary/aromatic N) is 2. The van der Waals surface area contributed by atoms with Gasteiger partial charge < -0.3 is 5.73 Å². The molecule has 0 amide bonds. The molecule has 0 fully saturated rings. The second-order valence-corrected chi connectivity index (χ2v) is 6.05. The minimum atomic E-state index is 0.694. The number of aryl methyl sites for hydroxylation is 2. The van der Waals surface area contributed by atoms with Gasteiger partial charge in [-0.25, -0.2) is 0 Å². The highest BCUT2D eigenvalue weighted by atomic mass is 32.2. The normalized spacial score (nSPS) is 10.8. The molecule has 1 heterocycles. The molecule has 106 valence electrons. The Morgan fingerprint density at radius 1 is 1.00 bits per heavy atom. The van der Waals surface area contributed by atoms with E-state index in [1.165, 1.54) is 5.56 Å². The average molecular weight is 295 g/mol. The number of nitrogen functional groups attached to an aromatic ring is 1. The Hall–Kier alpha value is -2.20. The maximum Gasteiger partial charge on any atom is 0.136 e. The van der Waals surface area contributed by atoms with Crippen molar-refractivity contribution >= 4 is 17.6 Å². The Morgan fingerprint density at radius 3 is 2.33 bits per heavy atom. The molecule has 2 N–H and O–H groups in total. The number of hydrogen-bond donors (Lipinski definition) is 1. The first-order valence-corrected chi connectivity index (χ1v) is 7.59. The van der Waals surface area contributed by atoms with E-state index in [9.17, 15) is 0 Å². The molecular formula is C17H17N3S. The summed E-state index contributed by atoms with van der Waals surface area (Å²) in [5.41, 5.74) is 9.46. The monoisotopic (exact) mass is 295 g/mol. The van der Waals surface area contributed by atoms with Crippen molar-refractivity contribution in [1.82, 2.24) is 9.78 Å². The summed E-state index contributed by atoms with van der Waals surface area (Å²) in [6, 6.07) is 18.6. The van der Waals surface area contributed by atoms with Gasteiger partial charge in [-0.3, -0.25) is 4.68 Å². The van der Waals surface area contributed by atoms with Crippen LogP contribution in [0.25, 0.3) is 11.3 Å². The van der Waals surface area contributed by atoms with E-state index in [0.29, 0.717) is 5.82 Å². The van der Waals surface area contributed by atoms with Gasteiger partial charge in [0.2, 0.25) is 0 Å². The lowest BCUT2D eigenvalue weighted by molar-refractivity contribution is 0.781. The van der Waals surface area contributed by atoms with E-state index in [4.69, 9.17) is 5.73 Å². The summed E-state index contributed by atoms with van der Waals surface area (Å²) in [6.45, 7) is 2.09. The molecule has 0 spiro atoms. The van der Waals surface area contributed by atoms with Gasteiger partial charge in [-0.15, -0.1) is 0 Å². The highest BCUT2D eigenvalue weighted by molar-refractivity contribution is 7.99. The fraction of sp³-hybridized carbons (Fsp3) is 0.118. The van der Waals surface area contributed by atoms with Gasteiger partial charge in [0.25, 0.3) is 0 Å². The predicted octanol–water partition coefficient (Wildman–Crippen LogP) is 4.13. The molecule has 4 heteroatoms. The van der Waals surface area contributed by atoms with Gasteiger partial charge in [0, 0.05) is 17.5 Å². The Bertz CT molecular complexity index is 746. The van der Waals surface area contributed by atoms with Crippen molar-refractivity contribution in [2.75, 3.05) is 5.73 Å². The van der Waals surface area contributed by atoms with Crippen LogP contribution >= 0.6 is 11.8 Å². The minimum absolute atomic E-state index is 0.694. The molecule has 1 aromatic heterocycles. The van der Waals surface area contributed by atoms with Crippen LogP contribution in [0.5, 0.6) is 0 Å². The van der Waals surface area contributed by atoms with Crippen LogP contribution in [-0.4, -0.2) is 9.78 Å². The third-order valence-electron chi connectivity index (χ3n) is 3.33. The molecule has 0 radical (unpaired) electrons. The zero-order valence-electron chi connectivity index (χ0n) is 12.1. The van der Waals surface area contributed by atoms with Crippen LogP contribution in [-0.2, 0) is 7.05 Å². The lowest BCUT2D eigenvalue weighted by atomic mass is 10.1. The second-order valence-electron chi connectivity index (χ2n) is 4.97. The zero-order chi connectivity index (χ0) is 14.8. The molecule has 0 bridgehead atoms. The van der Waals surface area contributed by atoms with Gasteiger partial charge in [-0.05, 0) is 19.1 Å². The number of hydrogen-bond acceptors (Lipinski definition) is 3. The van der Waals surface area contributed by atoms with Crippen LogP contribution in [0.1, 0.15) is 5.56 Å². The quantitative estimate of drug-likeness (QED) is 0.790. The summed E-state index contributed by atoms with van der Waals surface area (Å²) in [5.74, 6) is 0.694. The lowest BCUT2D eigenvalue weighted by Crippen LogP contribution is -1.97. The van der Waals surface area contributed by atoms with E-state index < -0.39 is 0 Å². The van der Waals surface area contributed by atoms with Crippen molar-refractivity contribution < 1.29 is 0 Å². The number of nitrogens with two attached hydrogens (primary N) is 1. The molecule has 0 atom stereocenters. The highest BCUT2D eigenvalue weighted by Crippen LogP contribution is 2.39. The molecular weight excluding hydrogens is 278 g/mol. The Balaban J connectivity index is 2.03. The topological polar surface area (TPSA) is 43.8 Å². The maximum atomic E-state index is 6.20. The van der Waals surface area contributed by atoms with Gasteiger partial charge >= 0.3 is 0 Å². The molecule has 21 heavy (non-hydrogen) atoms. The van der Waals surface area contributed by atoms with Crippen LogP contribution in [0.2, 0.25) is 0 Å². The summed E-state index contributed by atoms with van der Waals surface area (Å²) < 4.78 is 1.73. The SMILES string of the molecule is Cc1ccc(Sc2c(-c3ccccc3)nn(C)c2N)cc1. The van der Waals surface area contributed by atoms with E-state index in [-0.39, 0.29) is 0 Å². The summed E-state index contributed by atoms with van der Waals surface area (Å²) in [6.07, 6.45) is 0. The fourth-order valence-electron chi connectivity index (χ4n) is 2.13. The first-order valence-electron chi connectivity index (χ1n) is 6.77. The maximum absolute atomic E-state index is 6.20. The van der Waals surface area contributed by atoms with Crippen LogP contribution in [0.3, 0.4) is 0 Å². The lowest BCUT2D eigenvalue weighted by Gasteiger charge is -2.04. The molecule has 0 saturated heterocycles. The molecule has 0 saturated carbocycles. The van der Waals surface area contributed by atoms with Gasteiger partial charge in [0.15, 0.2) is 0 Å². The molecule has 0 aliphatic rings. The number of anilines is 1. The zero-order valence-corrected chi connectivity index (χ0v) is 12.9. The predicted molar refractivity (Wildman–Crippen MR) is 88.4 cm³/mol. The third-order valence-corrected chi connectivity index (χ3v) is 4.45. The van der Waals surface area contributed by atoms with E-state index in [2.05, 4.69) is 48.4 Å². The summed E-state index contributed by atoms with van der Waals surface area (Å²) in [7, 11) is 1.88. The van der Waals surface area contributed by atoms with Crippen LogP contribution in [0.15, 0.2) is 64.4 Å². The van der Waals surface area contributed by atoms with Gasteiger partial charge in [0.05, 0.1) is 4.90 Å². The van der Waals surface area contributed by atoms with Crippen LogP contribution in [0, 0.1) is 6.92 Å². The molecule has 3 nitrogen and oxygen atoms in total. The molecule has 2 aromatic carbocycles. The number of rotatable bonds is 3. The van der Waals surface area contributed by atoms with Crippen molar-refractivity contribution in [3.63, 3.8) is 0 Å². The van der Waals surface area contributed by atoms with Gasteiger partial charge in [0.1, 0.15) is 11.5 Å². The largest absolute Gasteiger partial charge is 0.383 e. The van der Waals surface area contributed by atoms with Crippen molar-refractivity contribution in [1.29, 1.82) is 0 Å².